The molecule has 1 aromatic heterocycles. The number of aromatic nitrogens is 1. The van der Waals surface area contributed by atoms with E-state index in [0.29, 0.717) is 0 Å². The minimum absolute atomic E-state index is 0.830. The third kappa shape index (κ3) is 1.39. The number of para-hydroxylation sites is 1. The van der Waals surface area contributed by atoms with Crippen molar-refractivity contribution in [2.75, 3.05) is 3.22 Å². The van der Waals surface area contributed by atoms with Crippen molar-refractivity contribution in [3.8, 4) is 0 Å². The number of benzene rings is 1. The number of nitrogens with zero attached hydrogens (tertiary/aromatic N) is 2. The first-order valence-electron chi connectivity index (χ1n) is 3.33. The van der Waals surface area contributed by atoms with Crippen LogP contribution < -0.4 is 9.06 Å². The zero-order chi connectivity index (χ0) is 8.55. The van der Waals surface area contributed by atoms with E-state index in [9.17, 15) is 0 Å². The Labute approximate surface area is 87.7 Å². The van der Waals surface area contributed by atoms with Crippen molar-refractivity contribution in [1.82, 2.24) is 4.98 Å². The van der Waals surface area contributed by atoms with Crippen molar-refractivity contribution in [2.45, 2.75) is 0 Å². The van der Waals surface area contributed by atoms with Crippen LogP contribution in [0.15, 0.2) is 24.3 Å². The molecule has 0 atom stereocenters. The Bertz CT molecular complexity index is 365. The molecule has 2 N–H and O–H groups in total. The summed E-state index contributed by atoms with van der Waals surface area (Å²) in [6.45, 7) is 0. The van der Waals surface area contributed by atoms with E-state index < -0.39 is 0 Å². The maximum Gasteiger partial charge on any atom is 0.210 e. The summed E-state index contributed by atoms with van der Waals surface area (Å²) < 4.78 is 2.67. The number of fused-ring (bicyclic) bond motifs is 1. The van der Waals surface area contributed by atoms with E-state index in [1.165, 1.54) is 7.92 Å². The highest BCUT2D eigenvalue weighted by molar-refractivity contribution is 14.1. The maximum atomic E-state index is 5.55. The number of nitrogens with two attached hydrogens (primary N) is 1. The monoisotopic (exact) mass is 291 g/mol. The van der Waals surface area contributed by atoms with Crippen molar-refractivity contribution in [3.05, 3.63) is 24.3 Å². The molecule has 0 saturated heterocycles. The van der Waals surface area contributed by atoms with Crippen LogP contribution in [0.3, 0.4) is 0 Å². The molecule has 62 valence electrons. The molecule has 0 radical (unpaired) electrons. The van der Waals surface area contributed by atoms with Crippen LogP contribution in [0, 0.1) is 0 Å². The molecule has 0 aliphatic carbocycles. The summed E-state index contributed by atoms with van der Waals surface area (Å²) in [4.78, 5) is 4.32. The summed E-state index contributed by atoms with van der Waals surface area (Å²) >= 11 is 3.59. The van der Waals surface area contributed by atoms with E-state index in [2.05, 4.69) is 4.98 Å². The zero-order valence-corrected chi connectivity index (χ0v) is 9.04. The quantitative estimate of drug-likeness (QED) is 0.379. The number of hydrogen-bond acceptors (Lipinski definition) is 4. The number of hydrazine groups is 1. The fraction of sp³-hybridized carbons (Fsp3) is 0. The van der Waals surface area contributed by atoms with Crippen LogP contribution in [0.5, 0.6) is 0 Å². The van der Waals surface area contributed by atoms with Gasteiger partial charge >= 0.3 is 0 Å². The first-order chi connectivity index (χ1) is 5.77. The van der Waals surface area contributed by atoms with Gasteiger partial charge in [0.25, 0.3) is 0 Å². The molecule has 0 fully saturated rings. The summed E-state index contributed by atoms with van der Waals surface area (Å²) in [5, 5.41) is 0.830. The van der Waals surface area contributed by atoms with Gasteiger partial charge in [-0.3, -0.25) is 0 Å². The molecular formula is C7H6IN3S. The molecule has 12 heavy (non-hydrogen) atoms. The Hall–Kier alpha value is -0.400. The van der Waals surface area contributed by atoms with E-state index >= 15 is 0 Å². The lowest BCUT2D eigenvalue weighted by Gasteiger charge is -2.00. The first kappa shape index (κ1) is 8.21. The topological polar surface area (TPSA) is 42.1 Å². The van der Waals surface area contributed by atoms with Gasteiger partial charge in [-0.2, -0.15) is 0 Å². The van der Waals surface area contributed by atoms with Crippen LogP contribution in [0.1, 0.15) is 0 Å². The smallest absolute Gasteiger partial charge is 0.210 e. The van der Waals surface area contributed by atoms with Gasteiger partial charge in [0, 0.05) is 0 Å². The molecule has 3 nitrogen and oxygen atoms in total. The van der Waals surface area contributed by atoms with Gasteiger partial charge in [0.15, 0.2) is 0 Å². The number of hydrogen-bond donors (Lipinski definition) is 1. The second-order valence-corrected chi connectivity index (χ2v) is 4.32. The fourth-order valence-electron chi connectivity index (χ4n) is 0.951. The van der Waals surface area contributed by atoms with Crippen molar-refractivity contribution in [3.63, 3.8) is 0 Å². The predicted octanol–water partition coefficient (Wildman–Crippen LogP) is 2.33. The molecule has 2 aromatic rings. The van der Waals surface area contributed by atoms with Gasteiger partial charge in [0.05, 0.1) is 33.1 Å². The highest BCUT2D eigenvalue weighted by atomic mass is 127. The molecule has 0 saturated carbocycles. The third-order valence-electron chi connectivity index (χ3n) is 1.47. The highest BCUT2D eigenvalue weighted by Crippen LogP contribution is 2.28. The van der Waals surface area contributed by atoms with Crippen molar-refractivity contribution in [2.24, 2.45) is 5.84 Å². The number of thiazole rings is 1. The lowest BCUT2D eigenvalue weighted by atomic mass is 10.3. The first-order valence-corrected chi connectivity index (χ1v) is 5.12. The predicted molar refractivity (Wildman–Crippen MR) is 60.3 cm³/mol. The molecule has 0 bridgehead atoms. The van der Waals surface area contributed by atoms with E-state index in [4.69, 9.17) is 5.84 Å². The number of rotatable bonds is 1. The van der Waals surface area contributed by atoms with Gasteiger partial charge in [0.2, 0.25) is 5.13 Å². The van der Waals surface area contributed by atoms with Crippen LogP contribution in [-0.4, -0.2) is 4.98 Å². The van der Waals surface area contributed by atoms with Crippen molar-refractivity contribution < 1.29 is 0 Å². The standard InChI is InChI=1S/C7H6IN3S/c8-11(9)7-10-5-3-1-2-4-6(5)12-7/h1-4H,9H2. The molecule has 0 aliphatic heterocycles. The SMILES string of the molecule is NN(I)c1nc2ccccc2s1. The maximum absolute atomic E-state index is 5.55. The largest absolute Gasteiger partial charge is 0.236 e. The summed E-state index contributed by atoms with van der Waals surface area (Å²) in [5.41, 5.74) is 1.00. The van der Waals surface area contributed by atoms with Gasteiger partial charge in [-0.25, -0.2) is 14.0 Å². The lowest BCUT2D eigenvalue weighted by molar-refractivity contribution is 1.22. The minimum atomic E-state index is 0.830. The molecule has 1 heterocycles. The summed E-state index contributed by atoms with van der Waals surface area (Å²) in [7, 11) is 0. The number of anilines is 1. The van der Waals surface area contributed by atoms with E-state index in [1.54, 1.807) is 11.3 Å². The molecule has 0 spiro atoms. The van der Waals surface area contributed by atoms with Crippen molar-refractivity contribution in [1.29, 1.82) is 0 Å². The Morgan fingerprint density at radius 3 is 2.83 bits per heavy atom. The Balaban J connectivity index is 2.62. The zero-order valence-electron chi connectivity index (χ0n) is 6.07. The average molecular weight is 291 g/mol. The minimum Gasteiger partial charge on any atom is -0.236 e. The van der Waals surface area contributed by atoms with E-state index in [0.717, 1.165) is 10.6 Å². The second kappa shape index (κ2) is 3.15. The lowest BCUT2D eigenvalue weighted by Crippen LogP contribution is -2.16. The molecule has 0 unspecified atom stereocenters. The molecule has 1 aromatic carbocycles. The molecule has 0 aliphatic rings. The molecule has 0 amide bonds. The Kier molecular flexibility index (Phi) is 2.16. The normalized spacial score (nSPS) is 10.5. The third-order valence-corrected chi connectivity index (χ3v) is 3.29. The van der Waals surface area contributed by atoms with Crippen LogP contribution in [-0.2, 0) is 0 Å². The van der Waals surface area contributed by atoms with Gasteiger partial charge in [-0.15, -0.1) is 0 Å². The molecule has 5 heteroatoms. The van der Waals surface area contributed by atoms with Crippen LogP contribution in [0.25, 0.3) is 10.2 Å². The van der Waals surface area contributed by atoms with Gasteiger partial charge in [-0.05, 0) is 12.1 Å². The van der Waals surface area contributed by atoms with Gasteiger partial charge in [0.1, 0.15) is 0 Å². The van der Waals surface area contributed by atoms with Crippen molar-refractivity contribution >= 4 is 49.5 Å². The summed E-state index contributed by atoms with van der Waals surface area (Å²) in [6, 6.07) is 7.99. The second-order valence-electron chi connectivity index (χ2n) is 2.28. The average Bonchev–Trinajstić information content (AvgIpc) is 2.46. The van der Waals surface area contributed by atoms with Gasteiger partial charge < -0.3 is 0 Å². The van der Waals surface area contributed by atoms with Crippen LogP contribution in [0.2, 0.25) is 0 Å². The van der Waals surface area contributed by atoms with Gasteiger partial charge in [-0.1, -0.05) is 23.5 Å². The Morgan fingerprint density at radius 1 is 1.42 bits per heavy atom. The molecular weight excluding hydrogens is 285 g/mol. The van der Waals surface area contributed by atoms with E-state index in [1.807, 2.05) is 47.1 Å². The van der Waals surface area contributed by atoms with Crippen LogP contribution in [0.4, 0.5) is 5.13 Å². The molecule has 2 rings (SSSR count). The summed E-state index contributed by atoms with van der Waals surface area (Å²) in [5.74, 6) is 5.55. The highest BCUT2D eigenvalue weighted by Gasteiger charge is 2.04. The van der Waals surface area contributed by atoms with Crippen LogP contribution >= 0.6 is 34.2 Å². The fourth-order valence-corrected chi connectivity index (χ4v) is 2.15. The number of halogens is 1. The Morgan fingerprint density at radius 2 is 2.17 bits per heavy atom. The van der Waals surface area contributed by atoms with E-state index in [-0.39, 0.29) is 0 Å². The summed E-state index contributed by atoms with van der Waals surface area (Å²) in [6.07, 6.45) is 0.